The third-order valence-electron chi connectivity index (χ3n) is 4.39. The number of nitrogens with zero attached hydrogens (tertiary/aromatic N) is 2. The number of likely N-dealkylation sites (tertiary alicyclic amines) is 1. The highest BCUT2D eigenvalue weighted by molar-refractivity contribution is 5.81. The third-order valence-corrected chi connectivity index (χ3v) is 4.39. The third kappa shape index (κ3) is 4.44. The number of carbonyl (C=O) groups is 1. The van der Waals surface area contributed by atoms with Crippen molar-refractivity contribution in [1.29, 1.82) is 0 Å². The summed E-state index contributed by atoms with van der Waals surface area (Å²) in [6, 6.07) is 0.785. The lowest BCUT2D eigenvalue weighted by atomic mass is 10.0. The molecule has 0 saturated carbocycles. The van der Waals surface area contributed by atoms with Crippen molar-refractivity contribution in [3.05, 3.63) is 0 Å². The Labute approximate surface area is 116 Å². The molecule has 0 aromatic rings. The van der Waals surface area contributed by atoms with Gasteiger partial charge >= 0.3 is 0 Å². The predicted octanol–water partition coefficient (Wildman–Crippen LogP) is -0.119. The SMILES string of the molecule is CN(C)C1CCN(CCNC(=O)[C@@H]2CCCN2)CC1. The van der Waals surface area contributed by atoms with Crippen LogP contribution >= 0.6 is 0 Å². The Bertz CT molecular complexity index is 281. The van der Waals surface area contributed by atoms with Crippen molar-refractivity contribution in [3.63, 3.8) is 0 Å². The van der Waals surface area contributed by atoms with Gasteiger partial charge in [-0.3, -0.25) is 4.79 Å². The molecule has 0 spiro atoms. The summed E-state index contributed by atoms with van der Waals surface area (Å²) in [4.78, 5) is 16.6. The number of piperidine rings is 1. The Kier molecular flexibility index (Phi) is 5.60. The molecule has 0 radical (unpaired) electrons. The maximum Gasteiger partial charge on any atom is 0.237 e. The van der Waals surface area contributed by atoms with Crippen LogP contribution in [-0.2, 0) is 4.79 Å². The number of rotatable bonds is 5. The van der Waals surface area contributed by atoms with E-state index in [1.54, 1.807) is 0 Å². The molecule has 2 heterocycles. The highest BCUT2D eigenvalue weighted by Crippen LogP contribution is 2.13. The number of nitrogens with one attached hydrogen (secondary N) is 2. The summed E-state index contributed by atoms with van der Waals surface area (Å²) in [5, 5.41) is 6.28. The van der Waals surface area contributed by atoms with E-state index >= 15 is 0 Å². The molecule has 1 atom stereocenters. The van der Waals surface area contributed by atoms with E-state index in [9.17, 15) is 4.79 Å². The second kappa shape index (κ2) is 7.22. The Morgan fingerprint density at radius 3 is 2.63 bits per heavy atom. The van der Waals surface area contributed by atoms with Crippen LogP contribution in [0.15, 0.2) is 0 Å². The van der Waals surface area contributed by atoms with Gasteiger partial charge in [0.2, 0.25) is 5.91 Å². The van der Waals surface area contributed by atoms with E-state index in [1.807, 2.05) is 0 Å². The molecular formula is C14H28N4O. The fraction of sp³-hybridized carbons (Fsp3) is 0.929. The van der Waals surface area contributed by atoms with Gasteiger partial charge in [0.1, 0.15) is 0 Å². The largest absolute Gasteiger partial charge is 0.353 e. The molecule has 2 saturated heterocycles. The number of hydrogen-bond acceptors (Lipinski definition) is 4. The van der Waals surface area contributed by atoms with Gasteiger partial charge in [-0.15, -0.1) is 0 Å². The minimum absolute atomic E-state index is 0.0551. The van der Waals surface area contributed by atoms with Crippen LogP contribution in [0.25, 0.3) is 0 Å². The van der Waals surface area contributed by atoms with Crippen molar-refractivity contribution >= 4 is 5.91 Å². The lowest BCUT2D eigenvalue weighted by Gasteiger charge is -2.35. The summed E-state index contributed by atoms with van der Waals surface area (Å²) >= 11 is 0. The Morgan fingerprint density at radius 1 is 1.32 bits per heavy atom. The lowest BCUT2D eigenvalue weighted by Crippen LogP contribution is -2.46. The van der Waals surface area contributed by atoms with E-state index in [-0.39, 0.29) is 11.9 Å². The van der Waals surface area contributed by atoms with Gasteiger partial charge in [-0.1, -0.05) is 0 Å². The molecule has 2 aliphatic rings. The van der Waals surface area contributed by atoms with Crippen molar-refractivity contribution in [2.75, 3.05) is 46.8 Å². The minimum atomic E-state index is 0.0551. The zero-order chi connectivity index (χ0) is 13.7. The second-order valence-electron chi connectivity index (χ2n) is 5.98. The molecule has 110 valence electrons. The van der Waals surface area contributed by atoms with Crippen molar-refractivity contribution in [3.8, 4) is 0 Å². The molecule has 0 bridgehead atoms. The smallest absolute Gasteiger partial charge is 0.237 e. The first-order valence-electron chi connectivity index (χ1n) is 7.56. The Balaban J connectivity index is 1.57. The van der Waals surface area contributed by atoms with Gasteiger partial charge in [-0.25, -0.2) is 0 Å². The van der Waals surface area contributed by atoms with Crippen LogP contribution in [0, 0.1) is 0 Å². The van der Waals surface area contributed by atoms with Gasteiger partial charge in [0, 0.05) is 19.1 Å². The van der Waals surface area contributed by atoms with Crippen LogP contribution in [0.3, 0.4) is 0 Å². The van der Waals surface area contributed by atoms with Crippen molar-refractivity contribution in [1.82, 2.24) is 20.4 Å². The molecule has 0 aromatic heterocycles. The zero-order valence-corrected chi connectivity index (χ0v) is 12.3. The van der Waals surface area contributed by atoms with E-state index < -0.39 is 0 Å². The van der Waals surface area contributed by atoms with Crippen LogP contribution in [0.2, 0.25) is 0 Å². The first-order chi connectivity index (χ1) is 9.16. The molecule has 2 N–H and O–H groups in total. The van der Waals surface area contributed by atoms with E-state index in [0.717, 1.165) is 51.6 Å². The fourth-order valence-corrected chi connectivity index (χ4v) is 3.03. The molecule has 0 unspecified atom stereocenters. The topological polar surface area (TPSA) is 47.6 Å². The van der Waals surface area contributed by atoms with E-state index in [0.29, 0.717) is 0 Å². The molecule has 0 aromatic carbocycles. The van der Waals surface area contributed by atoms with Gasteiger partial charge in [-0.05, 0) is 59.4 Å². The standard InChI is InChI=1S/C14H28N4O/c1-17(2)12-5-9-18(10-6-12)11-8-16-14(19)13-4-3-7-15-13/h12-13,15H,3-11H2,1-2H3,(H,16,19)/t13-/m0/s1. The van der Waals surface area contributed by atoms with Gasteiger partial charge in [0.05, 0.1) is 6.04 Å². The minimum Gasteiger partial charge on any atom is -0.353 e. The summed E-state index contributed by atoms with van der Waals surface area (Å²) in [6.45, 7) is 5.05. The lowest BCUT2D eigenvalue weighted by molar-refractivity contribution is -0.122. The fourth-order valence-electron chi connectivity index (χ4n) is 3.03. The normalized spacial score (nSPS) is 25.9. The molecule has 2 aliphatic heterocycles. The zero-order valence-electron chi connectivity index (χ0n) is 12.3. The van der Waals surface area contributed by atoms with Crippen LogP contribution in [0.5, 0.6) is 0 Å². The summed E-state index contributed by atoms with van der Waals surface area (Å²) in [7, 11) is 4.32. The van der Waals surface area contributed by atoms with Crippen LogP contribution in [0.1, 0.15) is 25.7 Å². The Morgan fingerprint density at radius 2 is 2.05 bits per heavy atom. The first-order valence-corrected chi connectivity index (χ1v) is 7.56. The van der Waals surface area contributed by atoms with Crippen molar-refractivity contribution in [2.24, 2.45) is 0 Å². The number of carbonyl (C=O) groups excluding carboxylic acids is 1. The quantitative estimate of drug-likeness (QED) is 0.730. The summed E-state index contributed by atoms with van der Waals surface area (Å²) in [5.74, 6) is 0.181. The van der Waals surface area contributed by atoms with Gasteiger partial charge in [-0.2, -0.15) is 0 Å². The van der Waals surface area contributed by atoms with Gasteiger partial charge in [0.15, 0.2) is 0 Å². The molecule has 2 rings (SSSR count). The highest BCUT2D eigenvalue weighted by Gasteiger charge is 2.23. The van der Waals surface area contributed by atoms with Crippen LogP contribution in [0.4, 0.5) is 0 Å². The van der Waals surface area contributed by atoms with Gasteiger partial charge < -0.3 is 20.4 Å². The summed E-state index contributed by atoms with van der Waals surface area (Å²) in [5.41, 5.74) is 0. The van der Waals surface area contributed by atoms with Crippen molar-refractivity contribution in [2.45, 2.75) is 37.8 Å². The maximum absolute atomic E-state index is 11.8. The highest BCUT2D eigenvalue weighted by atomic mass is 16.2. The van der Waals surface area contributed by atoms with Crippen LogP contribution < -0.4 is 10.6 Å². The number of hydrogen-bond donors (Lipinski definition) is 2. The molecule has 1 amide bonds. The molecule has 19 heavy (non-hydrogen) atoms. The van der Waals surface area contributed by atoms with Crippen molar-refractivity contribution < 1.29 is 4.79 Å². The molecule has 0 aliphatic carbocycles. The van der Waals surface area contributed by atoms with Crippen LogP contribution in [-0.4, -0.2) is 74.6 Å². The predicted molar refractivity (Wildman–Crippen MR) is 77.2 cm³/mol. The summed E-state index contributed by atoms with van der Waals surface area (Å²) in [6.07, 6.45) is 4.59. The molecule has 2 fully saturated rings. The average molecular weight is 268 g/mol. The molecule has 5 nitrogen and oxygen atoms in total. The molecular weight excluding hydrogens is 240 g/mol. The monoisotopic (exact) mass is 268 g/mol. The van der Waals surface area contributed by atoms with E-state index in [4.69, 9.17) is 0 Å². The van der Waals surface area contributed by atoms with E-state index in [2.05, 4.69) is 34.5 Å². The van der Waals surface area contributed by atoms with E-state index in [1.165, 1.54) is 12.8 Å². The molecule has 5 heteroatoms. The summed E-state index contributed by atoms with van der Waals surface area (Å²) < 4.78 is 0. The Hall–Kier alpha value is -0.650. The number of amides is 1. The maximum atomic E-state index is 11.8. The van der Waals surface area contributed by atoms with Gasteiger partial charge in [0.25, 0.3) is 0 Å². The second-order valence-corrected chi connectivity index (χ2v) is 5.98. The first kappa shape index (κ1) is 14.8. The average Bonchev–Trinajstić information content (AvgIpc) is 2.93.